The van der Waals surface area contributed by atoms with Crippen LogP contribution in [-0.2, 0) is 0 Å². The zero-order valence-electron chi connectivity index (χ0n) is 15.2. The van der Waals surface area contributed by atoms with Gasteiger partial charge in [-0.05, 0) is 35.4 Å². The summed E-state index contributed by atoms with van der Waals surface area (Å²) in [5.41, 5.74) is 8.06. The first-order chi connectivity index (χ1) is 13.9. The number of para-hydroxylation sites is 1. The third-order valence-corrected chi connectivity index (χ3v) is 5.79. The molecule has 1 aromatic heterocycles. The van der Waals surface area contributed by atoms with Gasteiger partial charge in [-0.25, -0.2) is 4.98 Å². The molecule has 1 aliphatic rings. The fourth-order valence-corrected chi connectivity index (χ4v) is 4.32. The molecule has 28 heavy (non-hydrogen) atoms. The van der Waals surface area contributed by atoms with E-state index in [-0.39, 0.29) is 6.04 Å². The molecular formula is C24H19N3S. The fraction of sp³-hybridized carbons (Fsp3) is 0.0417. The smallest absolute Gasteiger partial charge is 0.206 e. The minimum Gasteiger partial charge on any atom is -0.296 e. The van der Waals surface area contributed by atoms with Crippen molar-refractivity contribution in [3.8, 4) is 0 Å². The number of anilines is 1. The standard InChI is InChI=1S/C24H19N3S/c1-3-9-18(10-4-1)15-16-20-17-22(19-11-5-2-6-12-19)27(26-20)24-25-21-13-7-8-14-23(21)28-24/h1-17,22,26H. The Morgan fingerprint density at radius 2 is 1.54 bits per heavy atom. The Bertz CT molecular complexity index is 1110. The van der Waals surface area contributed by atoms with E-state index >= 15 is 0 Å². The van der Waals surface area contributed by atoms with Crippen LogP contribution in [0.5, 0.6) is 0 Å². The Kier molecular flexibility index (Phi) is 4.39. The largest absolute Gasteiger partial charge is 0.296 e. The molecular weight excluding hydrogens is 362 g/mol. The van der Waals surface area contributed by atoms with Crippen LogP contribution in [-0.4, -0.2) is 4.98 Å². The number of nitrogens with one attached hydrogen (secondary N) is 1. The molecule has 2 heterocycles. The molecule has 0 aliphatic carbocycles. The first-order valence-electron chi connectivity index (χ1n) is 9.28. The molecule has 4 heteroatoms. The first-order valence-corrected chi connectivity index (χ1v) is 10.1. The van der Waals surface area contributed by atoms with Crippen molar-refractivity contribution in [3.63, 3.8) is 0 Å². The van der Waals surface area contributed by atoms with Crippen LogP contribution in [0.4, 0.5) is 5.13 Å². The van der Waals surface area contributed by atoms with Crippen molar-refractivity contribution in [1.82, 2.24) is 10.4 Å². The molecule has 1 aliphatic heterocycles. The normalized spacial score (nSPS) is 16.5. The van der Waals surface area contributed by atoms with Crippen molar-refractivity contribution in [2.75, 3.05) is 5.01 Å². The average molecular weight is 382 g/mol. The predicted octanol–water partition coefficient (Wildman–Crippen LogP) is 5.96. The molecule has 0 saturated heterocycles. The van der Waals surface area contributed by atoms with Gasteiger partial charge in [-0.3, -0.25) is 10.4 Å². The van der Waals surface area contributed by atoms with Crippen LogP contribution in [0.1, 0.15) is 17.2 Å². The molecule has 3 nitrogen and oxygen atoms in total. The number of hydrogen-bond acceptors (Lipinski definition) is 4. The predicted molar refractivity (Wildman–Crippen MR) is 118 cm³/mol. The van der Waals surface area contributed by atoms with E-state index in [1.807, 2.05) is 18.2 Å². The molecule has 1 unspecified atom stereocenters. The van der Waals surface area contributed by atoms with Gasteiger partial charge in [-0.15, -0.1) is 0 Å². The second-order valence-electron chi connectivity index (χ2n) is 6.67. The van der Waals surface area contributed by atoms with E-state index in [4.69, 9.17) is 4.98 Å². The third kappa shape index (κ3) is 3.30. The molecule has 1 atom stereocenters. The van der Waals surface area contributed by atoms with Crippen molar-refractivity contribution in [1.29, 1.82) is 0 Å². The van der Waals surface area contributed by atoms with E-state index in [1.54, 1.807) is 11.3 Å². The van der Waals surface area contributed by atoms with Gasteiger partial charge < -0.3 is 0 Å². The van der Waals surface area contributed by atoms with Crippen LogP contribution in [0, 0.1) is 0 Å². The Morgan fingerprint density at radius 1 is 0.821 bits per heavy atom. The van der Waals surface area contributed by atoms with Gasteiger partial charge >= 0.3 is 0 Å². The molecule has 4 aromatic rings. The van der Waals surface area contributed by atoms with Crippen molar-refractivity contribution in [2.24, 2.45) is 0 Å². The lowest BCUT2D eigenvalue weighted by Crippen LogP contribution is -2.33. The Balaban J connectivity index is 1.50. The van der Waals surface area contributed by atoms with Gasteiger partial charge in [0.05, 0.1) is 22.0 Å². The van der Waals surface area contributed by atoms with Crippen molar-refractivity contribution >= 4 is 32.8 Å². The number of hydrazine groups is 1. The lowest BCUT2D eigenvalue weighted by molar-refractivity contribution is 0.707. The summed E-state index contributed by atoms with van der Waals surface area (Å²) in [7, 11) is 0. The van der Waals surface area contributed by atoms with Crippen LogP contribution in [0.25, 0.3) is 16.3 Å². The number of hydrogen-bond donors (Lipinski definition) is 1. The van der Waals surface area contributed by atoms with E-state index in [9.17, 15) is 0 Å². The van der Waals surface area contributed by atoms with Crippen LogP contribution in [0.15, 0.2) is 103 Å². The molecule has 3 aromatic carbocycles. The summed E-state index contributed by atoms with van der Waals surface area (Å²) in [6.45, 7) is 0. The number of rotatable bonds is 4. The fourth-order valence-electron chi connectivity index (χ4n) is 3.36. The maximum absolute atomic E-state index is 4.85. The van der Waals surface area contributed by atoms with Gasteiger partial charge in [-0.1, -0.05) is 90.2 Å². The molecule has 5 rings (SSSR count). The second kappa shape index (κ2) is 7.33. The number of benzene rings is 3. The minimum atomic E-state index is 0.0946. The lowest BCUT2D eigenvalue weighted by atomic mass is 10.1. The van der Waals surface area contributed by atoms with Gasteiger partial charge in [0.25, 0.3) is 0 Å². The van der Waals surface area contributed by atoms with Crippen LogP contribution in [0.2, 0.25) is 0 Å². The Hall–Kier alpha value is -3.37. The summed E-state index contributed by atoms with van der Waals surface area (Å²) >= 11 is 1.70. The first kappa shape index (κ1) is 16.8. The minimum absolute atomic E-state index is 0.0946. The summed E-state index contributed by atoms with van der Waals surface area (Å²) in [5.74, 6) is 0. The number of aromatic nitrogens is 1. The summed E-state index contributed by atoms with van der Waals surface area (Å²) in [4.78, 5) is 4.85. The molecule has 136 valence electrons. The zero-order chi connectivity index (χ0) is 18.8. The Labute approximate surface area is 168 Å². The number of nitrogens with zero attached hydrogens (tertiary/aromatic N) is 2. The maximum Gasteiger partial charge on any atom is 0.206 e. The highest BCUT2D eigenvalue weighted by atomic mass is 32.1. The van der Waals surface area contributed by atoms with E-state index in [1.165, 1.54) is 15.8 Å². The SMILES string of the molecule is C(=Cc1ccccc1)C1=CC(c2ccccc2)N(c2nc3ccccc3s2)N1. The maximum atomic E-state index is 4.85. The highest BCUT2D eigenvalue weighted by molar-refractivity contribution is 7.22. The van der Waals surface area contributed by atoms with Gasteiger partial charge in [-0.2, -0.15) is 0 Å². The van der Waals surface area contributed by atoms with Gasteiger partial charge in [0, 0.05) is 0 Å². The average Bonchev–Trinajstić information content (AvgIpc) is 3.38. The van der Waals surface area contributed by atoms with Crippen molar-refractivity contribution in [2.45, 2.75) is 6.04 Å². The number of allylic oxidation sites excluding steroid dienone is 1. The topological polar surface area (TPSA) is 28.2 Å². The van der Waals surface area contributed by atoms with E-state index in [0.717, 1.165) is 16.3 Å². The van der Waals surface area contributed by atoms with Gasteiger partial charge in [0.15, 0.2) is 0 Å². The number of fused-ring (bicyclic) bond motifs is 1. The van der Waals surface area contributed by atoms with E-state index in [2.05, 4.69) is 95.4 Å². The van der Waals surface area contributed by atoms with Crippen LogP contribution >= 0.6 is 11.3 Å². The lowest BCUT2D eigenvalue weighted by Gasteiger charge is -2.24. The molecule has 0 amide bonds. The molecule has 0 bridgehead atoms. The third-order valence-electron chi connectivity index (χ3n) is 4.75. The monoisotopic (exact) mass is 381 g/mol. The van der Waals surface area contributed by atoms with Crippen LogP contribution < -0.4 is 10.4 Å². The summed E-state index contributed by atoms with van der Waals surface area (Å²) < 4.78 is 1.19. The van der Waals surface area contributed by atoms with Gasteiger partial charge in [0.2, 0.25) is 5.13 Å². The van der Waals surface area contributed by atoms with E-state index < -0.39 is 0 Å². The second-order valence-corrected chi connectivity index (χ2v) is 7.68. The summed E-state index contributed by atoms with van der Waals surface area (Å²) in [5, 5.41) is 3.12. The molecule has 1 N–H and O–H groups in total. The quantitative estimate of drug-likeness (QED) is 0.473. The van der Waals surface area contributed by atoms with Crippen LogP contribution in [0.3, 0.4) is 0 Å². The zero-order valence-corrected chi connectivity index (χ0v) is 16.0. The molecule has 0 saturated carbocycles. The van der Waals surface area contributed by atoms with Crippen molar-refractivity contribution in [3.05, 3.63) is 114 Å². The highest BCUT2D eigenvalue weighted by Crippen LogP contribution is 2.36. The summed E-state index contributed by atoms with van der Waals surface area (Å²) in [6, 6.07) is 29.2. The molecule has 0 spiro atoms. The van der Waals surface area contributed by atoms with Gasteiger partial charge in [0.1, 0.15) is 0 Å². The van der Waals surface area contributed by atoms with E-state index in [0.29, 0.717) is 0 Å². The van der Waals surface area contributed by atoms with Crippen molar-refractivity contribution < 1.29 is 0 Å². The molecule has 0 fully saturated rings. The Morgan fingerprint density at radius 3 is 2.32 bits per heavy atom. The number of thiazole rings is 1. The highest BCUT2D eigenvalue weighted by Gasteiger charge is 2.27. The molecule has 0 radical (unpaired) electrons. The summed E-state index contributed by atoms with van der Waals surface area (Å²) in [6.07, 6.45) is 6.50.